The monoisotopic (exact) mass is 319 g/mol. The first-order chi connectivity index (χ1) is 11.2. The number of hydrogen-bond acceptors (Lipinski definition) is 3. The molecule has 122 valence electrons. The molecule has 1 amide bonds. The van der Waals surface area contributed by atoms with Crippen molar-refractivity contribution in [2.24, 2.45) is 0 Å². The summed E-state index contributed by atoms with van der Waals surface area (Å²) in [6, 6.07) is 9.35. The second-order valence-electron chi connectivity index (χ2n) is 5.56. The van der Waals surface area contributed by atoms with Gasteiger partial charge in [-0.25, -0.2) is 4.39 Å². The van der Waals surface area contributed by atoms with Crippen LogP contribution in [-0.2, 0) is 4.74 Å². The van der Waals surface area contributed by atoms with E-state index in [0.29, 0.717) is 25.3 Å². The zero-order chi connectivity index (χ0) is 16.1. The minimum absolute atomic E-state index is 0.0401. The summed E-state index contributed by atoms with van der Waals surface area (Å²) in [7, 11) is 0. The number of rotatable bonds is 5. The van der Waals surface area contributed by atoms with Gasteiger partial charge in [-0.3, -0.25) is 4.79 Å². The van der Waals surface area contributed by atoms with Gasteiger partial charge in [0.1, 0.15) is 18.9 Å². The number of ether oxygens (including phenoxy) is 1. The van der Waals surface area contributed by atoms with Crippen LogP contribution in [0.4, 0.5) is 4.39 Å². The summed E-state index contributed by atoms with van der Waals surface area (Å²) in [6.07, 6.45) is 1.64. The van der Waals surface area contributed by atoms with E-state index >= 15 is 0 Å². The maximum Gasteiger partial charge on any atom is 0.251 e. The van der Waals surface area contributed by atoms with Crippen LogP contribution in [0.1, 0.15) is 22.2 Å². The first kappa shape index (κ1) is 15.7. The zero-order valence-electron chi connectivity index (χ0n) is 12.8. The molecule has 1 aromatic carbocycles. The maximum atomic E-state index is 12.9. The van der Waals surface area contributed by atoms with Crippen LogP contribution in [0.25, 0.3) is 0 Å². The highest BCUT2D eigenvalue weighted by molar-refractivity contribution is 5.94. The number of halogens is 1. The molecule has 1 atom stereocenters. The normalized spacial score (nSPS) is 16.9. The van der Waals surface area contributed by atoms with Crippen LogP contribution >= 0.6 is 0 Å². The molecule has 3 rings (SSSR count). The van der Waals surface area contributed by atoms with Gasteiger partial charge in [0.2, 0.25) is 0 Å². The van der Waals surface area contributed by atoms with E-state index in [1.165, 1.54) is 29.2 Å². The van der Waals surface area contributed by atoms with Crippen molar-refractivity contribution in [2.45, 2.75) is 6.04 Å². The fourth-order valence-corrected chi connectivity index (χ4v) is 2.82. The average Bonchev–Trinajstić information content (AvgIpc) is 3.11. The topological polar surface area (TPSA) is 55.9 Å². The van der Waals surface area contributed by atoms with Gasteiger partial charge in [0.25, 0.3) is 5.91 Å². The first-order valence-electron chi connectivity index (χ1n) is 7.73. The fourth-order valence-electron chi connectivity index (χ4n) is 2.82. The lowest BCUT2D eigenvalue weighted by atomic mass is 10.1. The summed E-state index contributed by atoms with van der Waals surface area (Å²) < 4.78 is 23.9. The average molecular weight is 319 g/mol. The molecule has 1 aliphatic heterocycles. The number of hydrogen-bond donors (Lipinski definition) is 2. The molecule has 1 saturated heterocycles. The molecule has 1 aliphatic rings. The number of carbonyl (C=O) groups is 1. The molecule has 0 radical (unpaired) electrons. The number of amides is 1. The molecule has 2 N–H and O–H groups in total. The molecule has 0 aliphatic carbocycles. The summed E-state index contributed by atoms with van der Waals surface area (Å²) in [5.41, 5.74) is 0.446. The third-order valence-electron chi connectivity index (χ3n) is 4.09. The Kier molecular flexibility index (Phi) is 5.05. The molecule has 0 spiro atoms. The lowest BCUT2D eigenvalue weighted by Crippen LogP contribution is -3.15. The van der Waals surface area contributed by atoms with Gasteiger partial charge in [-0.1, -0.05) is 0 Å². The van der Waals surface area contributed by atoms with Crippen LogP contribution in [0.3, 0.4) is 0 Å². The number of morpholine rings is 1. The van der Waals surface area contributed by atoms with Crippen LogP contribution in [-0.4, -0.2) is 38.8 Å². The van der Waals surface area contributed by atoms with E-state index in [1.54, 1.807) is 6.26 Å². The number of nitrogens with one attached hydrogen (secondary N) is 2. The van der Waals surface area contributed by atoms with Crippen LogP contribution in [0.15, 0.2) is 47.1 Å². The highest BCUT2D eigenvalue weighted by Gasteiger charge is 2.29. The summed E-state index contributed by atoms with van der Waals surface area (Å²) in [5.74, 6) is 0.281. The van der Waals surface area contributed by atoms with Crippen LogP contribution < -0.4 is 10.2 Å². The Morgan fingerprint density at radius 1 is 1.22 bits per heavy atom. The number of carbonyl (C=O) groups excluding carboxylic acids is 1. The van der Waals surface area contributed by atoms with Crippen LogP contribution in [0.2, 0.25) is 0 Å². The van der Waals surface area contributed by atoms with E-state index in [1.807, 2.05) is 12.1 Å². The molecule has 1 aromatic heterocycles. The van der Waals surface area contributed by atoms with Crippen molar-refractivity contribution in [2.75, 3.05) is 32.8 Å². The second kappa shape index (κ2) is 7.39. The molecule has 0 unspecified atom stereocenters. The van der Waals surface area contributed by atoms with Crippen molar-refractivity contribution < 1.29 is 23.2 Å². The van der Waals surface area contributed by atoms with Gasteiger partial charge in [-0.15, -0.1) is 0 Å². The Morgan fingerprint density at radius 3 is 2.61 bits per heavy atom. The molecule has 2 heterocycles. The van der Waals surface area contributed by atoms with Crippen molar-refractivity contribution >= 4 is 5.91 Å². The van der Waals surface area contributed by atoms with E-state index in [4.69, 9.17) is 9.15 Å². The van der Waals surface area contributed by atoms with Gasteiger partial charge in [0.05, 0.1) is 26.0 Å². The van der Waals surface area contributed by atoms with Crippen molar-refractivity contribution in [3.8, 4) is 0 Å². The van der Waals surface area contributed by atoms with E-state index in [-0.39, 0.29) is 17.8 Å². The predicted octanol–water partition coefficient (Wildman–Crippen LogP) is 0.805. The molecular weight excluding hydrogens is 299 g/mol. The fraction of sp³-hybridized carbons (Fsp3) is 0.353. The third-order valence-corrected chi connectivity index (χ3v) is 4.09. The Bertz CT molecular complexity index is 622. The Hall–Kier alpha value is -2.18. The SMILES string of the molecule is O=C(NC[C@@H](c1ccco1)[NH+]1CCOCC1)c1ccc(F)cc1. The standard InChI is InChI=1S/C17H19FN2O3/c18-14-5-3-13(4-6-14)17(21)19-12-15(16-2-1-9-23-16)20-7-10-22-11-8-20/h1-6,9,15H,7-8,10-12H2,(H,19,21)/p+1/t15-/m0/s1. The molecule has 6 heteroatoms. The summed E-state index contributed by atoms with van der Waals surface area (Å²) in [5, 5.41) is 2.92. The molecule has 2 aromatic rings. The zero-order valence-corrected chi connectivity index (χ0v) is 12.8. The van der Waals surface area contributed by atoms with Gasteiger partial charge in [0, 0.05) is 5.56 Å². The molecule has 0 bridgehead atoms. The predicted molar refractivity (Wildman–Crippen MR) is 81.7 cm³/mol. The third kappa shape index (κ3) is 3.97. The van der Waals surface area contributed by atoms with Gasteiger partial charge < -0.3 is 19.4 Å². The molecule has 23 heavy (non-hydrogen) atoms. The highest BCUT2D eigenvalue weighted by Crippen LogP contribution is 2.10. The quantitative estimate of drug-likeness (QED) is 0.857. The van der Waals surface area contributed by atoms with Gasteiger partial charge in [0.15, 0.2) is 11.8 Å². The van der Waals surface area contributed by atoms with Gasteiger partial charge >= 0.3 is 0 Å². The molecule has 5 nitrogen and oxygen atoms in total. The van der Waals surface area contributed by atoms with Crippen LogP contribution in [0, 0.1) is 5.82 Å². The molecule has 0 saturated carbocycles. The minimum atomic E-state index is -0.354. The Morgan fingerprint density at radius 2 is 1.96 bits per heavy atom. The summed E-state index contributed by atoms with van der Waals surface area (Å²) >= 11 is 0. The van der Waals surface area contributed by atoms with Crippen molar-refractivity contribution in [3.05, 3.63) is 59.8 Å². The summed E-state index contributed by atoms with van der Waals surface area (Å²) in [4.78, 5) is 13.5. The van der Waals surface area contributed by atoms with Gasteiger partial charge in [-0.2, -0.15) is 0 Å². The molecular formula is C17H20FN2O3+. The number of quaternary nitrogens is 1. The Balaban J connectivity index is 1.66. The van der Waals surface area contributed by atoms with E-state index < -0.39 is 0 Å². The summed E-state index contributed by atoms with van der Waals surface area (Å²) in [6.45, 7) is 3.62. The smallest absolute Gasteiger partial charge is 0.251 e. The molecule has 1 fully saturated rings. The van der Waals surface area contributed by atoms with E-state index in [9.17, 15) is 9.18 Å². The Labute approximate surface area is 134 Å². The number of benzene rings is 1. The van der Waals surface area contributed by atoms with E-state index in [2.05, 4.69) is 5.32 Å². The van der Waals surface area contributed by atoms with Crippen molar-refractivity contribution in [1.29, 1.82) is 0 Å². The van der Waals surface area contributed by atoms with Gasteiger partial charge in [-0.05, 0) is 36.4 Å². The number of furan rings is 1. The second-order valence-corrected chi connectivity index (χ2v) is 5.56. The van der Waals surface area contributed by atoms with Crippen molar-refractivity contribution in [3.63, 3.8) is 0 Å². The maximum absolute atomic E-state index is 12.9. The van der Waals surface area contributed by atoms with E-state index in [0.717, 1.165) is 18.8 Å². The van der Waals surface area contributed by atoms with Crippen molar-refractivity contribution in [1.82, 2.24) is 5.32 Å². The minimum Gasteiger partial charge on any atom is -0.463 e. The van der Waals surface area contributed by atoms with Crippen LogP contribution in [0.5, 0.6) is 0 Å². The lowest BCUT2D eigenvalue weighted by molar-refractivity contribution is -0.938. The first-order valence-corrected chi connectivity index (χ1v) is 7.73. The highest BCUT2D eigenvalue weighted by atomic mass is 19.1. The lowest BCUT2D eigenvalue weighted by Gasteiger charge is -2.30. The largest absolute Gasteiger partial charge is 0.463 e.